The molecule has 0 saturated heterocycles. The van der Waals surface area contributed by atoms with Crippen LogP contribution in [0.5, 0.6) is 0 Å². The number of rotatable bonds is 16. The minimum atomic E-state index is -0.514. The summed E-state index contributed by atoms with van der Waals surface area (Å²) < 4.78 is 5.30. The van der Waals surface area contributed by atoms with Gasteiger partial charge in [-0.15, -0.1) is 7.05 Å². The summed E-state index contributed by atoms with van der Waals surface area (Å²) in [6.07, 6.45) is 15.2. The second-order valence-electron chi connectivity index (χ2n) is 7.36. The van der Waals surface area contributed by atoms with E-state index in [1.165, 1.54) is 69.5 Å². The SMILES string of the molecule is [CH2-][NH2+]/C(C(=O)OCCCCCCCCCCCCCC)=C(/O)c1ccccc1. The largest absolute Gasteiger partial charge is 0.502 e. The predicted octanol–water partition coefficient (Wildman–Crippen LogP) is 5.51. The standard InChI is InChI=1S/C24H39NO3/c1-3-4-5-6-7-8-9-10-11-12-13-17-20-28-24(27)22(25-2)23(26)21-18-15-14-16-19-21/h14-16,18-19,26H,2-13,17,20,25H2,1H3/b23-22+. The molecule has 0 fully saturated rings. The Morgan fingerprint density at radius 2 is 1.39 bits per heavy atom. The fourth-order valence-corrected chi connectivity index (χ4v) is 3.21. The smallest absolute Gasteiger partial charge is 0.394 e. The Hall–Kier alpha value is -1.81. The lowest BCUT2D eigenvalue weighted by Crippen LogP contribution is -2.77. The molecule has 1 aromatic rings. The van der Waals surface area contributed by atoms with Crippen LogP contribution in [0.3, 0.4) is 0 Å². The van der Waals surface area contributed by atoms with E-state index >= 15 is 0 Å². The molecule has 0 aliphatic heterocycles. The first-order chi connectivity index (χ1) is 13.7. The maximum Gasteiger partial charge on any atom is 0.394 e. The van der Waals surface area contributed by atoms with Gasteiger partial charge in [0.2, 0.25) is 5.70 Å². The summed E-state index contributed by atoms with van der Waals surface area (Å²) in [5, 5.41) is 11.6. The molecule has 1 aromatic carbocycles. The molecule has 0 aliphatic carbocycles. The van der Waals surface area contributed by atoms with E-state index in [0.29, 0.717) is 12.2 Å². The van der Waals surface area contributed by atoms with Crippen molar-refractivity contribution in [2.24, 2.45) is 0 Å². The Labute approximate surface area is 171 Å². The Kier molecular flexibility index (Phi) is 14.0. The lowest BCUT2D eigenvalue weighted by atomic mass is 10.1. The van der Waals surface area contributed by atoms with E-state index in [0.717, 1.165) is 12.8 Å². The molecule has 0 amide bonds. The highest BCUT2D eigenvalue weighted by Gasteiger charge is 2.19. The van der Waals surface area contributed by atoms with Crippen LogP contribution in [-0.2, 0) is 9.53 Å². The normalized spacial score (nSPS) is 11.9. The zero-order valence-corrected chi connectivity index (χ0v) is 17.6. The molecule has 0 aromatic heterocycles. The number of aliphatic hydroxyl groups excluding tert-OH is 1. The monoisotopic (exact) mass is 389 g/mol. The number of carbonyl (C=O) groups is 1. The number of esters is 1. The first-order valence-electron chi connectivity index (χ1n) is 11.0. The molecule has 4 heteroatoms. The van der Waals surface area contributed by atoms with Gasteiger partial charge in [0.15, 0.2) is 5.76 Å². The number of unbranched alkanes of at least 4 members (excludes halogenated alkanes) is 11. The summed E-state index contributed by atoms with van der Waals surface area (Å²) in [6, 6.07) is 8.97. The molecule has 0 atom stereocenters. The van der Waals surface area contributed by atoms with Crippen molar-refractivity contribution in [2.75, 3.05) is 6.61 Å². The number of aliphatic hydroxyl groups is 1. The van der Waals surface area contributed by atoms with E-state index in [1.807, 2.05) is 18.2 Å². The van der Waals surface area contributed by atoms with Crippen molar-refractivity contribution in [3.8, 4) is 0 Å². The maximum absolute atomic E-state index is 12.2. The number of quaternary nitrogens is 1. The van der Waals surface area contributed by atoms with Crippen LogP contribution < -0.4 is 5.32 Å². The molecule has 0 saturated carbocycles. The summed E-state index contributed by atoms with van der Waals surface area (Å²) in [7, 11) is 3.62. The van der Waals surface area contributed by atoms with Crippen molar-refractivity contribution >= 4 is 11.7 Å². The van der Waals surface area contributed by atoms with Gasteiger partial charge in [0.25, 0.3) is 0 Å². The molecule has 0 bridgehead atoms. The minimum absolute atomic E-state index is 0.0877. The Morgan fingerprint density at radius 3 is 1.89 bits per heavy atom. The van der Waals surface area contributed by atoms with Crippen molar-refractivity contribution in [1.82, 2.24) is 0 Å². The van der Waals surface area contributed by atoms with Crippen molar-refractivity contribution in [3.05, 3.63) is 48.6 Å². The third kappa shape index (κ3) is 10.5. The molecule has 1 rings (SSSR count). The molecule has 28 heavy (non-hydrogen) atoms. The third-order valence-electron chi connectivity index (χ3n) is 4.96. The lowest BCUT2D eigenvalue weighted by molar-refractivity contribution is -0.538. The van der Waals surface area contributed by atoms with Gasteiger partial charge in [0, 0.05) is 5.56 Å². The average Bonchev–Trinajstić information content (AvgIpc) is 2.72. The zero-order chi connectivity index (χ0) is 20.5. The van der Waals surface area contributed by atoms with Gasteiger partial charge in [-0.25, -0.2) is 4.79 Å². The molecular weight excluding hydrogens is 350 g/mol. The second kappa shape index (κ2) is 16.2. The van der Waals surface area contributed by atoms with Crippen LogP contribution in [0.2, 0.25) is 0 Å². The number of carbonyl (C=O) groups excluding carboxylic acids is 1. The van der Waals surface area contributed by atoms with Crippen molar-refractivity contribution in [1.29, 1.82) is 0 Å². The molecule has 0 spiro atoms. The first-order valence-corrected chi connectivity index (χ1v) is 11.0. The van der Waals surface area contributed by atoms with Crippen molar-refractivity contribution in [2.45, 2.75) is 84.0 Å². The van der Waals surface area contributed by atoms with Crippen LogP contribution in [0.15, 0.2) is 36.0 Å². The van der Waals surface area contributed by atoms with Crippen LogP contribution in [0.4, 0.5) is 0 Å². The Bertz CT molecular complexity index is 554. The molecule has 0 aliphatic rings. The highest BCUT2D eigenvalue weighted by Crippen LogP contribution is 2.14. The zero-order valence-electron chi connectivity index (χ0n) is 17.6. The van der Waals surface area contributed by atoms with Crippen LogP contribution >= 0.6 is 0 Å². The highest BCUT2D eigenvalue weighted by molar-refractivity contribution is 5.92. The number of benzene rings is 1. The van der Waals surface area contributed by atoms with Gasteiger partial charge in [-0.1, -0.05) is 108 Å². The topological polar surface area (TPSA) is 63.1 Å². The fourth-order valence-electron chi connectivity index (χ4n) is 3.21. The number of ether oxygens (including phenoxy) is 1. The Balaban J connectivity index is 2.10. The molecule has 3 N–H and O–H groups in total. The second-order valence-corrected chi connectivity index (χ2v) is 7.36. The van der Waals surface area contributed by atoms with E-state index in [2.05, 4.69) is 14.0 Å². The van der Waals surface area contributed by atoms with Gasteiger partial charge in [0.05, 0.1) is 6.61 Å². The summed E-state index contributed by atoms with van der Waals surface area (Å²) in [5.74, 6) is -0.602. The van der Waals surface area contributed by atoms with Crippen LogP contribution in [0, 0.1) is 7.05 Å². The highest BCUT2D eigenvalue weighted by atomic mass is 16.5. The van der Waals surface area contributed by atoms with Crippen LogP contribution in [0.25, 0.3) is 5.76 Å². The van der Waals surface area contributed by atoms with Gasteiger partial charge in [-0.2, -0.15) is 0 Å². The van der Waals surface area contributed by atoms with Gasteiger partial charge >= 0.3 is 5.97 Å². The van der Waals surface area contributed by atoms with E-state index < -0.39 is 5.97 Å². The maximum atomic E-state index is 12.2. The van der Waals surface area contributed by atoms with Crippen LogP contribution in [0.1, 0.15) is 89.5 Å². The number of hydrogen-bond acceptors (Lipinski definition) is 3. The summed E-state index contributed by atoms with van der Waals surface area (Å²) >= 11 is 0. The van der Waals surface area contributed by atoms with Gasteiger partial charge in [-0.3, -0.25) is 0 Å². The average molecular weight is 390 g/mol. The van der Waals surface area contributed by atoms with Crippen molar-refractivity contribution < 1.29 is 20.0 Å². The molecule has 4 nitrogen and oxygen atoms in total. The summed E-state index contributed by atoms with van der Waals surface area (Å²) in [6.45, 7) is 2.64. The molecule has 0 radical (unpaired) electrons. The molecular formula is C24H39NO3. The first kappa shape index (κ1) is 24.2. The quantitative estimate of drug-likeness (QED) is 0.129. The molecule has 158 valence electrons. The molecule has 0 unspecified atom stereocenters. The Morgan fingerprint density at radius 1 is 0.893 bits per heavy atom. The van der Waals surface area contributed by atoms with Gasteiger partial charge in [-0.05, 0) is 6.42 Å². The van der Waals surface area contributed by atoms with E-state index in [-0.39, 0.29) is 11.5 Å². The number of nitrogens with two attached hydrogens (primary N) is 1. The minimum Gasteiger partial charge on any atom is -0.502 e. The third-order valence-corrected chi connectivity index (χ3v) is 4.96. The van der Waals surface area contributed by atoms with Crippen molar-refractivity contribution in [3.63, 3.8) is 0 Å². The predicted molar refractivity (Wildman–Crippen MR) is 115 cm³/mol. The van der Waals surface area contributed by atoms with E-state index in [4.69, 9.17) is 4.74 Å². The van der Waals surface area contributed by atoms with E-state index in [1.54, 1.807) is 12.1 Å². The fraction of sp³-hybridized carbons (Fsp3) is 0.583. The summed E-state index contributed by atoms with van der Waals surface area (Å²) in [5.41, 5.74) is 0.699. The van der Waals surface area contributed by atoms with Gasteiger partial charge in [0.1, 0.15) is 0 Å². The lowest BCUT2D eigenvalue weighted by Gasteiger charge is -2.09. The van der Waals surface area contributed by atoms with E-state index in [9.17, 15) is 9.90 Å². The number of hydrogen-bond donors (Lipinski definition) is 2. The van der Waals surface area contributed by atoms with Crippen LogP contribution in [-0.4, -0.2) is 17.7 Å². The summed E-state index contributed by atoms with van der Waals surface area (Å²) in [4.78, 5) is 12.2. The molecule has 0 heterocycles. The van der Waals surface area contributed by atoms with Gasteiger partial charge < -0.3 is 15.2 Å².